The average Bonchev–Trinajstić information content (AvgIpc) is 2.74. The van der Waals surface area contributed by atoms with Crippen molar-refractivity contribution in [2.45, 2.75) is 31.6 Å². The largest absolute Gasteiger partial charge is 0.357 e. The molecule has 1 N–H and O–H groups in total. The molecule has 0 radical (unpaired) electrons. The summed E-state index contributed by atoms with van der Waals surface area (Å²) in [5.74, 6) is 1.58. The van der Waals surface area contributed by atoms with Crippen molar-refractivity contribution >= 4 is 35.9 Å². The lowest BCUT2D eigenvalue weighted by atomic mass is 9.64. The maximum absolute atomic E-state index is 13.4. The maximum Gasteiger partial charge on any atom is 0.225 e. The molecule has 0 bridgehead atoms. The number of aliphatic imine (C=N–C) groups is 1. The Hall–Kier alpha value is -1.97. The van der Waals surface area contributed by atoms with Gasteiger partial charge in [0.25, 0.3) is 0 Å². The SMILES string of the molecule is CCNC(=NCC1(c2ccc(F)cc2)CCC1)N1CCN(c2ncccn2)CC1.I. The van der Waals surface area contributed by atoms with Gasteiger partial charge in [-0.15, -0.1) is 24.0 Å². The van der Waals surface area contributed by atoms with E-state index in [4.69, 9.17) is 4.99 Å². The highest BCUT2D eigenvalue weighted by Crippen LogP contribution is 2.44. The monoisotopic (exact) mass is 524 g/mol. The van der Waals surface area contributed by atoms with Gasteiger partial charge < -0.3 is 15.1 Å². The molecule has 1 aromatic heterocycles. The van der Waals surface area contributed by atoms with E-state index in [9.17, 15) is 4.39 Å². The number of piperazine rings is 1. The number of aromatic nitrogens is 2. The van der Waals surface area contributed by atoms with Gasteiger partial charge in [-0.05, 0) is 43.5 Å². The Morgan fingerprint density at radius 1 is 1.10 bits per heavy atom. The number of guanidine groups is 1. The molecule has 1 aliphatic carbocycles. The third kappa shape index (κ3) is 5.01. The Morgan fingerprint density at radius 3 is 2.33 bits per heavy atom. The third-order valence-corrected chi connectivity index (χ3v) is 6.05. The van der Waals surface area contributed by atoms with Gasteiger partial charge in [-0.3, -0.25) is 4.99 Å². The smallest absolute Gasteiger partial charge is 0.225 e. The minimum absolute atomic E-state index is 0. The summed E-state index contributed by atoms with van der Waals surface area (Å²) in [5, 5.41) is 3.45. The summed E-state index contributed by atoms with van der Waals surface area (Å²) < 4.78 is 13.4. The van der Waals surface area contributed by atoms with Gasteiger partial charge in [0.15, 0.2) is 5.96 Å². The van der Waals surface area contributed by atoms with Crippen LogP contribution in [0.1, 0.15) is 31.7 Å². The molecular formula is C22H30FIN6. The molecule has 0 spiro atoms. The number of anilines is 1. The molecule has 1 saturated heterocycles. The molecule has 2 heterocycles. The first-order valence-electron chi connectivity index (χ1n) is 10.5. The van der Waals surface area contributed by atoms with Gasteiger partial charge >= 0.3 is 0 Å². The molecule has 0 atom stereocenters. The van der Waals surface area contributed by atoms with Gasteiger partial charge in [-0.2, -0.15) is 0 Å². The standard InChI is InChI=1S/C22H29FN6.HI/c1-2-24-20(28-13-15-29(16-14-28)21-25-11-4-12-26-21)27-17-22(9-3-10-22)18-5-7-19(23)8-6-18;/h4-8,11-12H,2-3,9-10,13-17H2,1H3,(H,24,27);1H. The fourth-order valence-corrected chi connectivity index (χ4v) is 4.17. The van der Waals surface area contributed by atoms with E-state index in [1.54, 1.807) is 24.5 Å². The predicted molar refractivity (Wildman–Crippen MR) is 129 cm³/mol. The highest BCUT2D eigenvalue weighted by molar-refractivity contribution is 14.0. The predicted octanol–water partition coefficient (Wildman–Crippen LogP) is 3.44. The summed E-state index contributed by atoms with van der Waals surface area (Å²) in [5.41, 5.74) is 1.25. The fourth-order valence-electron chi connectivity index (χ4n) is 4.17. The maximum atomic E-state index is 13.4. The summed E-state index contributed by atoms with van der Waals surface area (Å²) in [7, 11) is 0. The van der Waals surface area contributed by atoms with E-state index in [1.165, 1.54) is 12.0 Å². The van der Waals surface area contributed by atoms with Crippen LogP contribution in [0.3, 0.4) is 0 Å². The molecule has 0 amide bonds. The zero-order valence-corrected chi connectivity index (χ0v) is 19.8. The summed E-state index contributed by atoms with van der Waals surface area (Å²) in [6.07, 6.45) is 7.00. The first-order chi connectivity index (χ1) is 14.2. The number of rotatable bonds is 5. The van der Waals surface area contributed by atoms with E-state index < -0.39 is 0 Å². The van der Waals surface area contributed by atoms with Crippen LogP contribution in [-0.2, 0) is 5.41 Å². The minimum atomic E-state index is -0.180. The van der Waals surface area contributed by atoms with Crippen molar-refractivity contribution in [2.75, 3.05) is 44.2 Å². The van der Waals surface area contributed by atoms with E-state index in [2.05, 4.69) is 32.0 Å². The fraction of sp³-hybridized carbons (Fsp3) is 0.500. The Morgan fingerprint density at radius 2 is 1.77 bits per heavy atom. The molecule has 4 rings (SSSR count). The van der Waals surface area contributed by atoms with Gasteiger partial charge in [0.2, 0.25) is 5.95 Å². The summed E-state index contributed by atoms with van der Waals surface area (Å²) in [6, 6.07) is 8.82. The average molecular weight is 524 g/mol. The van der Waals surface area contributed by atoms with Crippen molar-refractivity contribution in [1.82, 2.24) is 20.2 Å². The number of nitrogens with zero attached hydrogens (tertiary/aromatic N) is 5. The minimum Gasteiger partial charge on any atom is -0.357 e. The Balaban J connectivity index is 0.00000256. The van der Waals surface area contributed by atoms with Crippen LogP contribution in [0.25, 0.3) is 0 Å². The first kappa shape index (κ1) is 22.7. The van der Waals surface area contributed by atoms with Crippen LogP contribution < -0.4 is 10.2 Å². The van der Waals surface area contributed by atoms with Crippen molar-refractivity contribution in [2.24, 2.45) is 4.99 Å². The Kier molecular flexibility index (Phi) is 7.85. The molecule has 162 valence electrons. The van der Waals surface area contributed by atoms with Gasteiger partial charge in [0.1, 0.15) is 5.82 Å². The number of hydrogen-bond acceptors (Lipinski definition) is 4. The van der Waals surface area contributed by atoms with E-state index in [0.717, 1.165) is 64.0 Å². The van der Waals surface area contributed by atoms with Crippen molar-refractivity contribution in [3.63, 3.8) is 0 Å². The normalized spacial score (nSPS) is 18.4. The lowest BCUT2D eigenvalue weighted by Crippen LogP contribution is -2.53. The van der Waals surface area contributed by atoms with Gasteiger partial charge in [-0.25, -0.2) is 14.4 Å². The highest BCUT2D eigenvalue weighted by atomic mass is 127. The van der Waals surface area contributed by atoms with Crippen LogP contribution in [0, 0.1) is 5.82 Å². The number of benzene rings is 1. The number of halogens is 2. The van der Waals surface area contributed by atoms with Crippen LogP contribution in [0.2, 0.25) is 0 Å². The molecule has 8 heteroatoms. The van der Waals surface area contributed by atoms with Gasteiger partial charge in [0.05, 0.1) is 6.54 Å². The second-order valence-corrected chi connectivity index (χ2v) is 7.83. The van der Waals surface area contributed by atoms with Crippen molar-refractivity contribution in [1.29, 1.82) is 0 Å². The lowest BCUT2D eigenvalue weighted by molar-refractivity contribution is 0.251. The molecule has 6 nitrogen and oxygen atoms in total. The lowest BCUT2D eigenvalue weighted by Gasteiger charge is -2.42. The Bertz CT molecular complexity index is 817. The molecule has 0 unspecified atom stereocenters. The van der Waals surface area contributed by atoms with Crippen molar-refractivity contribution in [3.05, 3.63) is 54.1 Å². The third-order valence-electron chi connectivity index (χ3n) is 6.05. The van der Waals surface area contributed by atoms with Gasteiger partial charge in [-0.1, -0.05) is 18.6 Å². The number of nitrogens with one attached hydrogen (secondary N) is 1. The topological polar surface area (TPSA) is 56.7 Å². The number of hydrogen-bond donors (Lipinski definition) is 1. The zero-order valence-electron chi connectivity index (χ0n) is 17.4. The van der Waals surface area contributed by atoms with Crippen LogP contribution in [-0.4, -0.2) is 60.1 Å². The molecule has 30 heavy (non-hydrogen) atoms. The molecule has 2 aromatic rings. The second-order valence-electron chi connectivity index (χ2n) is 7.83. The van der Waals surface area contributed by atoms with Crippen molar-refractivity contribution in [3.8, 4) is 0 Å². The summed E-state index contributed by atoms with van der Waals surface area (Å²) >= 11 is 0. The van der Waals surface area contributed by atoms with Crippen molar-refractivity contribution < 1.29 is 4.39 Å². The summed E-state index contributed by atoms with van der Waals surface area (Å²) in [4.78, 5) is 18.3. The van der Waals surface area contributed by atoms with Crippen LogP contribution in [0.5, 0.6) is 0 Å². The van der Waals surface area contributed by atoms with Crippen LogP contribution in [0.15, 0.2) is 47.7 Å². The van der Waals surface area contributed by atoms with E-state index in [-0.39, 0.29) is 35.2 Å². The quantitative estimate of drug-likeness (QED) is 0.369. The van der Waals surface area contributed by atoms with Crippen LogP contribution in [0.4, 0.5) is 10.3 Å². The molecule has 1 aliphatic heterocycles. The summed E-state index contributed by atoms with van der Waals surface area (Å²) in [6.45, 7) is 7.19. The molecule has 2 aliphatic rings. The molecular weight excluding hydrogens is 494 g/mol. The second kappa shape index (κ2) is 10.4. The molecule has 1 saturated carbocycles. The van der Waals surface area contributed by atoms with E-state index in [0.29, 0.717) is 0 Å². The zero-order chi connectivity index (χ0) is 20.1. The molecule has 2 fully saturated rings. The van der Waals surface area contributed by atoms with Gasteiger partial charge in [0, 0.05) is 50.5 Å². The Labute approximate surface area is 195 Å². The van der Waals surface area contributed by atoms with E-state index >= 15 is 0 Å². The van der Waals surface area contributed by atoms with E-state index in [1.807, 2.05) is 18.2 Å². The highest BCUT2D eigenvalue weighted by Gasteiger charge is 2.38. The molecule has 1 aromatic carbocycles. The van der Waals surface area contributed by atoms with Crippen LogP contribution >= 0.6 is 24.0 Å². The first-order valence-corrected chi connectivity index (χ1v) is 10.5.